The standard InChI is InChI=1S/C19H24OS/c1-3-5-7-8-18-13-14-19(21-18)16-9-11-17(12-10-16)20-15-6-4-2/h4,6,9-14H,3,5,7-8,15H2,1-2H3/b6-4+. The Morgan fingerprint density at radius 1 is 1.05 bits per heavy atom. The summed E-state index contributed by atoms with van der Waals surface area (Å²) in [5.74, 6) is 0.927. The Labute approximate surface area is 132 Å². The van der Waals surface area contributed by atoms with Gasteiger partial charge in [0.05, 0.1) is 0 Å². The van der Waals surface area contributed by atoms with E-state index in [9.17, 15) is 0 Å². The van der Waals surface area contributed by atoms with E-state index in [2.05, 4.69) is 43.3 Å². The van der Waals surface area contributed by atoms with Crippen molar-refractivity contribution in [3.8, 4) is 16.2 Å². The molecule has 112 valence electrons. The molecule has 21 heavy (non-hydrogen) atoms. The molecule has 2 heteroatoms. The van der Waals surface area contributed by atoms with Crippen LogP contribution in [-0.2, 0) is 6.42 Å². The third-order valence-corrected chi connectivity index (χ3v) is 4.60. The van der Waals surface area contributed by atoms with Gasteiger partial charge >= 0.3 is 0 Å². The molecule has 0 N–H and O–H groups in total. The van der Waals surface area contributed by atoms with E-state index < -0.39 is 0 Å². The minimum absolute atomic E-state index is 0.635. The van der Waals surface area contributed by atoms with Crippen molar-refractivity contribution in [1.29, 1.82) is 0 Å². The molecule has 0 radical (unpaired) electrons. The monoisotopic (exact) mass is 300 g/mol. The second-order valence-corrected chi connectivity index (χ2v) is 6.30. The van der Waals surface area contributed by atoms with Crippen LogP contribution >= 0.6 is 11.3 Å². The van der Waals surface area contributed by atoms with Crippen LogP contribution in [0.4, 0.5) is 0 Å². The molecule has 0 spiro atoms. The smallest absolute Gasteiger partial charge is 0.119 e. The summed E-state index contributed by atoms with van der Waals surface area (Å²) < 4.78 is 5.62. The van der Waals surface area contributed by atoms with Crippen molar-refractivity contribution < 1.29 is 4.74 Å². The number of rotatable bonds is 8. The van der Waals surface area contributed by atoms with E-state index in [-0.39, 0.29) is 0 Å². The Hall–Kier alpha value is -1.54. The molecule has 1 aromatic carbocycles. The van der Waals surface area contributed by atoms with E-state index in [1.807, 2.05) is 30.4 Å². The lowest BCUT2D eigenvalue weighted by atomic mass is 10.1. The molecule has 0 saturated heterocycles. The normalized spacial score (nSPS) is 11.1. The first-order chi connectivity index (χ1) is 10.3. The zero-order chi connectivity index (χ0) is 14.9. The van der Waals surface area contributed by atoms with Crippen LogP contribution in [0, 0.1) is 0 Å². The van der Waals surface area contributed by atoms with Crippen molar-refractivity contribution in [2.75, 3.05) is 6.61 Å². The van der Waals surface area contributed by atoms with Gasteiger partial charge < -0.3 is 4.74 Å². The highest BCUT2D eigenvalue weighted by molar-refractivity contribution is 7.15. The summed E-state index contributed by atoms with van der Waals surface area (Å²) in [6, 6.07) is 12.9. The fraction of sp³-hybridized carbons (Fsp3) is 0.368. The average molecular weight is 300 g/mol. The minimum Gasteiger partial charge on any atom is -0.490 e. The highest BCUT2D eigenvalue weighted by Gasteiger charge is 2.03. The number of allylic oxidation sites excluding steroid dienone is 1. The van der Waals surface area contributed by atoms with Crippen LogP contribution in [0.5, 0.6) is 5.75 Å². The van der Waals surface area contributed by atoms with E-state index in [1.54, 1.807) is 0 Å². The van der Waals surface area contributed by atoms with Crippen LogP contribution in [-0.4, -0.2) is 6.61 Å². The van der Waals surface area contributed by atoms with Gasteiger partial charge in [0.15, 0.2) is 0 Å². The summed E-state index contributed by atoms with van der Waals surface area (Å²) in [6.07, 6.45) is 9.13. The molecule has 0 aliphatic carbocycles. The molecule has 0 aliphatic heterocycles. The van der Waals surface area contributed by atoms with E-state index in [0.717, 1.165) is 5.75 Å². The Kier molecular flexibility index (Phi) is 6.55. The summed E-state index contributed by atoms with van der Waals surface area (Å²) in [5, 5.41) is 0. The van der Waals surface area contributed by atoms with E-state index in [4.69, 9.17) is 4.74 Å². The molecule has 0 amide bonds. The number of thiophene rings is 1. The Morgan fingerprint density at radius 3 is 2.57 bits per heavy atom. The van der Waals surface area contributed by atoms with Gasteiger partial charge in [0.1, 0.15) is 12.4 Å². The number of aryl methyl sites for hydroxylation is 1. The molecule has 1 nitrogen and oxygen atoms in total. The zero-order valence-corrected chi connectivity index (χ0v) is 13.8. The highest BCUT2D eigenvalue weighted by atomic mass is 32.1. The third-order valence-electron chi connectivity index (χ3n) is 3.41. The Morgan fingerprint density at radius 2 is 1.86 bits per heavy atom. The fourth-order valence-electron chi connectivity index (χ4n) is 2.17. The fourth-order valence-corrected chi connectivity index (χ4v) is 3.23. The topological polar surface area (TPSA) is 9.23 Å². The first kappa shape index (κ1) is 15.8. The molecule has 0 saturated carbocycles. The van der Waals surface area contributed by atoms with Crippen molar-refractivity contribution in [3.63, 3.8) is 0 Å². The number of benzene rings is 1. The van der Waals surface area contributed by atoms with Gasteiger partial charge in [-0.3, -0.25) is 0 Å². The molecule has 0 bridgehead atoms. The summed E-state index contributed by atoms with van der Waals surface area (Å²) in [7, 11) is 0. The Balaban J connectivity index is 1.95. The number of hydrogen-bond acceptors (Lipinski definition) is 2. The lowest BCUT2D eigenvalue weighted by Crippen LogP contribution is -1.92. The number of hydrogen-bond donors (Lipinski definition) is 0. The summed E-state index contributed by atoms with van der Waals surface area (Å²) in [4.78, 5) is 2.84. The van der Waals surface area contributed by atoms with Crippen LogP contribution in [0.3, 0.4) is 0 Å². The Bertz CT molecular complexity index is 551. The second kappa shape index (κ2) is 8.68. The van der Waals surface area contributed by atoms with Crippen LogP contribution in [0.2, 0.25) is 0 Å². The summed E-state index contributed by atoms with van der Waals surface area (Å²) >= 11 is 1.91. The van der Waals surface area contributed by atoms with Gasteiger partial charge in [0.25, 0.3) is 0 Å². The van der Waals surface area contributed by atoms with Crippen LogP contribution in [0.25, 0.3) is 10.4 Å². The minimum atomic E-state index is 0.635. The molecule has 2 aromatic rings. The van der Waals surface area contributed by atoms with E-state index in [1.165, 1.54) is 41.0 Å². The third kappa shape index (κ3) is 5.05. The molecule has 0 unspecified atom stereocenters. The molecular formula is C19H24OS. The summed E-state index contributed by atoms with van der Waals surface area (Å²) in [6.45, 7) is 4.89. The highest BCUT2D eigenvalue weighted by Crippen LogP contribution is 2.30. The van der Waals surface area contributed by atoms with E-state index >= 15 is 0 Å². The van der Waals surface area contributed by atoms with E-state index in [0.29, 0.717) is 6.61 Å². The van der Waals surface area contributed by atoms with Crippen molar-refractivity contribution in [3.05, 3.63) is 53.4 Å². The lowest BCUT2D eigenvalue weighted by Gasteiger charge is -2.04. The molecule has 2 rings (SSSR count). The van der Waals surface area contributed by atoms with Gasteiger partial charge in [0, 0.05) is 9.75 Å². The van der Waals surface area contributed by atoms with Crippen LogP contribution in [0.15, 0.2) is 48.6 Å². The molecule has 1 aromatic heterocycles. The number of unbranched alkanes of at least 4 members (excludes halogenated alkanes) is 2. The van der Waals surface area contributed by atoms with Gasteiger partial charge in [-0.15, -0.1) is 11.3 Å². The van der Waals surface area contributed by atoms with Crippen LogP contribution < -0.4 is 4.74 Å². The maximum Gasteiger partial charge on any atom is 0.119 e. The molecule has 0 aliphatic rings. The maximum atomic E-state index is 5.62. The lowest BCUT2D eigenvalue weighted by molar-refractivity contribution is 0.363. The van der Waals surface area contributed by atoms with Crippen molar-refractivity contribution in [1.82, 2.24) is 0 Å². The molecule has 0 atom stereocenters. The maximum absolute atomic E-state index is 5.62. The first-order valence-corrected chi connectivity index (χ1v) is 8.58. The predicted octanol–water partition coefficient (Wildman–Crippen LogP) is 6.10. The molecule has 1 heterocycles. The molecular weight excluding hydrogens is 276 g/mol. The van der Waals surface area contributed by atoms with Crippen molar-refractivity contribution >= 4 is 11.3 Å². The first-order valence-electron chi connectivity index (χ1n) is 7.76. The largest absolute Gasteiger partial charge is 0.490 e. The van der Waals surface area contributed by atoms with Gasteiger partial charge in [-0.1, -0.05) is 31.9 Å². The van der Waals surface area contributed by atoms with Gasteiger partial charge in [-0.2, -0.15) is 0 Å². The zero-order valence-electron chi connectivity index (χ0n) is 13.0. The SMILES string of the molecule is C/C=C/COc1ccc(-c2ccc(CCCCC)s2)cc1. The van der Waals surface area contributed by atoms with Gasteiger partial charge in [-0.05, 0) is 61.7 Å². The van der Waals surface area contributed by atoms with Crippen molar-refractivity contribution in [2.45, 2.75) is 39.5 Å². The second-order valence-electron chi connectivity index (χ2n) is 5.13. The van der Waals surface area contributed by atoms with Gasteiger partial charge in [-0.25, -0.2) is 0 Å². The summed E-state index contributed by atoms with van der Waals surface area (Å²) in [5.41, 5.74) is 1.28. The predicted molar refractivity (Wildman–Crippen MR) is 93.3 cm³/mol. The number of ether oxygens (including phenoxy) is 1. The molecule has 0 fully saturated rings. The average Bonchev–Trinajstić information content (AvgIpc) is 2.97. The van der Waals surface area contributed by atoms with Crippen molar-refractivity contribution in [2.24, 2.45) is 0 Å². The van der Waals surface area contributed by atoms with Crippen LogP contribution in [0.1, 0.15) is 38.0 Å². The van der Waals surface area contributed by atoms with Gasteiger partial charge in [0.2, 0.25) is 0 Å². The quantitative estimate of drug-likeness (QED) is 0.422.